The lowest BCUT2D eigenvalue weighted by molar-refractivity contribution is -0.126. The molecule has 0 radical (unpaired) electrons. The Morgan fingerprint density at radius 3 is 2.43 bits per heavy atom. The number of H-pyrrole nitrogens is 1. The van der Waals surface area contributed by atoms with Crippen LogP contribution in [0.25, 0.3) is 11.3 Å². The molecule has 1 saturated heterocycles. The zero-order valence-electron chi connectivity index (χ0n) is 17.4. The highest BCUT2D eigenvalue weighted by Gasteiger charge is 2.29. The molecular formula is C25H30N4O. The fourth-order valence-electron chi connectivity index (χ4n) is 4.14. The summed E-state index contributed by atoms with van der Waals surface area (Å²) >= 11 is 0. The fraction of sp³-hybridized carbons (Fsp3) is 0.360. The summed E-state index contributed by atoms with van der Waals surface area (Å²) in [4.78, 5) is 23.2. The molecule has 4 rings (SSSR count). The van der Waals surface area contributed by atoms with Crippen molar-refractivity contribution < 1.29 is 4.79 Å². The Balaban J connectivity index is 1.24. The Morgan fingerprint density at radius 2 is 1.70 bits per heavy atom. The van der Waals surface area contributed by atoms with Gasteiger partial charge in [0, 0.05) is 13.0 Å². The predicted molar refractivity (Wildman–Crippen MR) is 120 cm³/mol. The van der Waals surface area contributed by atoms with Crippen LogP contribution in [0.1, 0.15) is 43.1 Å². The number of unbranched alkanes of at least 4 members (excludes halogenated alkanes) is 1. The van der Waals surface area contributed by atoms with Gasteiger partial charge in [-0.2, -0.15) is 0 Å². The number of imidazole rings is 1. The number of carbonyl (C=O) groups is 1. The van der Waals surface area contributed by atoms with Crippen molar-refractivity contribution in [3.8, 4) is 11.3 Å². The molecule has 0 spiro atoms. The van der Waals surface area contributed by atoms with Crippen molar-refractivity contribution in [2.24, 2.45) is 0 Å². The van der Waals surface area contributed by atoms with Gasteiger partial charge in [0.1, 0.15) is 11.9 Å². The number of carbonyl (C=O) groups excluding carboxylic acids is 1. The molecule has 1 amide bonds. The van der Waals surface area contributed by atoms with Crippen molar-refractivity contribution >= 4 is 5.91 Å². The number of nitrogens with zero attached hydrogens (tertiary/aromatic N) is 2. The summed E-state index contributed by atoms with van der Waals surface area (Å²) in [5.74, 6) is 1.12. The maximum atomic E-state index is 13.0. The van der Waals surface area contributed by atoms with Crippen LogP contribution in [-0.2, 0) is 11.2 Å². The van der Waals surface area contributed by atoms with Crippen LogP contribution >= 0.6 is 0 Å². The van der Waals surface area contributed by atoms with Crippen molar-refractivity contribution in [2.75, 3.05) is 19.6 Å². The van der Waals surface area contributed by atoms with E-state index in [2.05, 4.69) is 44.5 Å². The Bertz CT molecular complexity index is 917. The van der Waals surface area contributed by atoms with Crippen LogP contribution in [0, 0.1) is 0 Å². The lowest BCUT2D eigenvalue weighted by Gasteiger charge is -2.27. The number of hydrogen-bond acceptors (Lipinski definition) is 3. The zero-order chi connectivity index (χ0) is 20.6. The van der Waals surface area contributed by atoms with E-state index < -0.39 is 0 Å². The van der Waals surface area contributed by atoms with Crippen molar-refractivity contribution in [1.82, 2.24) is 20.2 Å². The zero-order valence-corrected chi connectivity index (χ0v) is 17.4. The number of amides is 1. The molecule has 0 saturated carbocycles. The summed E-state index contributed by atoms with van der Waals surface area (Å²) in [5.41, 5.74) is 3.29. The summed E-state index contributed by atoms with van der Waals surface area (Å²) in [5, 5.41) is 3.16. The quantitative estimate of drug-likeness (QED) is 0.523. The standard InChI is InChI=1S/C25H30N4O/c30-25(24(29-17-9-10-18-29)21-13-5-2-6-14-21)26-16-8-7-15-23-27-19-22(28-23)20-11-3-1-4-12-20/h1-6,11-14,19,24H,7-10,15-18H2,(H,26,30)(H,27,28). The summed E-state index contributed by atoms with van der Waals surface area (Å²) in [6.07, 6.45) is 7.05. The molecule has 1 aliphatic heterocycles. The third kappa shape index (κ3) is 5.16. The van der Waals surface area contributed by atoms with Gasteiger partial charge in [-0.25, -0.2) is 4.98 Å². The lowest BCUT2D eigenvalue weighted by Crippen LogP contribution is -2.39. The Kier molecular flexibility index (Phi) is 6.93. The number of aromatic nitrogens is 2. The van der Waals surface area contributed by atoms with E-state index in [4.69, 9.17) is 0 Å². The van der Waals surface area contributed by atoms with Gasteiger partial charge in [0.25, 0.3) is 0 Å². The highest BCUT2D eigenvalue weighted by atomic mass is 16.2. The molecule has 1 unspecified atom stereocenters. The second kappa shape index (κ2) is 10.2. The van der Waals surface area contributed by atoms with Gasteiger partial charge < -0.3 is 10.3 Å². The van der Waals surface area contributed by atoms with Crippen LogP contribution in [0.15, 0.2) is 66.9 Å². The van der Waals surface area contributed by atoms with Gasteiger partial charge in [-0.15, -0.1) is 0 Å². The molecule has 1 fully saturated rings. The molecule has 30 heavy (non-hydrogen) atoms. The smallest absolute Gasteiger partial charge is 0.241 e. The maximum Gasteiger partial charge on any atom is 0.241 e. The summed E-state index contributed by atoms with van der Waals surface area (Å²) < 4.78 is 0. The van der Waals surface area contributed by atoms with E-state index >= 15 is 0 Å². The van der Waals surface area contributed by atoms with Crippen LogP contribution in [0.4, 0.5) is 0 Å². The molecule has 2 N–H and O–H groups in total. The van der Waals surface area contributed by atoms with Crippen LogP contribution in [0.5, 0.6) is 0 Å². The van der Waals surface area contributed by atoms with Crippen LogP contribution in [-0.4, -0.2) is 40.4 Å². The molecule has 0 aliphatic carbocycles. The number of benzene rings is 2. The minimum absolute atomic E-state index is 0.118. The third-order valence-corrected chi connectivity index (χ3v) is 5.72. The van der Waals surface area contributed by atoms with Crippen LogP contribution < -0.4 is 5.32 Å². The van der Waals surface area contributed by atoms with Gasteiger partial charge in [-0.05, 0) is 49.9 Å². The molecule has 2 heterocycles. The Labute approximate surface area is 178 Å². The SMILES string of the molecule is O=C(NCCCCc1ncc(-c2ccccc2)[nH]1)C(c1ccccc1)N1CCCC1. The first-order valence-corrected chi connectivity index (χ1v) is 11.0. The van der Waals surface area contributed by atoms with Crippen molar-refractivity contribution in [3.63, 3.8) is 0 Å². The monoisotopic (exact) mass is 402 g/mol. The number of hydrogen-bond donors (Lipinski definition) is 2. The molecule has 1 aliphatic rings. The first kappa shape index (κ1) is 20.4. The van der Waals surface area contributed by atoms with E-state index in [1.165, 1.54) is 12.8 Å². The number of rotatable bonds is 9. The number of likely N-dealkylation sites (tertiary alicyclic amines) is 1. The topological polar surface area (TPSA) is 61.0 Å². The second-order valence-corrected chi connectivity index (χ2v) is 7.91. The predicted octanol–water partition coefficient (Wildman–Crippen LogP) is 4.35. The number of nitrogens with one attached hydrogen (secondary N) is 2. The number of aromatic amines is 1. The van der Waals surface area contributed by atoms with Gasteiger partial charge in [0.2, 0.25) is 5.91 Å². The molecule has 1 atom stereocenters. The normalized spacial score (nSPS) is 15.2. The van der Waals surface area contributed by atoms with E-state index in [0.29, 0.717) is 6.54 Å². The molecule has 5 heteroatoms. The fourth-order valence-corrected chi connectivity index (χ4v) is 4.14. The molecule has 0 bridgehead atoms. The van der Waals surface area contributed by atoms with E-state index in [1.54, 1.807) is 0 Å². The lowest BCUT2D eigenvalue weighted by atomic mass is 10.0. The van der Waals surface area contributed by atoms with Crippen LogP contribution in [0.2, 0.25) is 0 Å². The molecule has 156 valence electrons. The van der Waals surface area contributed by atoms with Gasteiger partial charge in [0.15, 0.2) is 0 Å². The van der Waals surface area contributed by atoms with E-state index in [-0.39, 0.29) is 11.9 Å². The van der Waals surface area contributed by atoms with Gasteiger partial charge in [-0.3, -0.25) is 9.69 Å². The van der Waals surface area contributed by atoms with Crippen molar-refractivity contribution in [3.05, 3.63) is 78.2 Å². The molecular weight excluding hydrogens is 372 g/mol. The van der Waals surface area contributed by atoms with E-state index in [9.17, 15) is 4.79 Å². The third-order valence-electron chi connectivity index (χ3n) is 5.72. The molecule has 1 aromatic heterocycles. The highest BCUT2D eigenvalue weighted by molar-refractivity contribution is 5.83. The first-order valence-electron chi connectivity index (χ1n) is 11.0. The average molecular weight is 403 g/mol. The minimum Gasteiger partial charge on any atom is -0.354 e. The molecule has 3 aromatic rings. The summed E-state index contributed by atoms with van der Waals surface area (Å²) in [6.45, 7) is 2.69. The van der Waals surface area contributed by atoms with E-state index in [1.807, 2.05) is 42.6 Å². The van der Waals surface area contributed by atoms with Crippen molar-refractivity contribution in [1.29, 1.82) is 0 Å². The Hall–Kier alpha value is -2.92. The summed E-state index contributed by atoms with van der Waals surface area (Å²) in [7, 11) is 0. The van der Waals surface area contributed by atoms with Gasteiger partial charge in [0.05, 0.1) is 11.9 Å². The minimum atomic E-state index is -0.174. The number of aryl methyl sites for hydroxylation is 1. The van der Waals surface area contributed by atoms with Crippen molar-refractivity contribution in [2.45, 2.75) is 38.1 Å². The molecule has 2 aromatic carbocycles. The van der Waals surface area contributed by atoms with Gasteiger partial charge in [-0.1, -0.05) is 60.7 Å². The first-order chi connectivity index (χ1) is 14.8. The highest BCUT2D eigenvalue weighted by Crippen LogP contribution is 2.25. The molecule has 5 nitrogen and oxygen atoms in total. The largest absolute Gasteiger partial charge is 0.354 e. The van der Waals surface area contributed by atoms with Crippen LogP contribution in [0.3, 0.4) is 0 Å². The maximum absolute atomic E-state index is 13.0. The average Bonchev–Trinajstić information content (AvgIpc) is 3.48. The van der Waals surface area contributed by atoms with Gasteiger partial charge >= 0.3 is 0 Å². The second-order valence-electron chi connectivity index (χ2n) is 7.91. The Morgan fingerprint density at radius 1 is 1.00 bits per heavy atom. The summed E-state index contributed by atoms with van der Waals surface area (Å²) in [6, 6.07) is 20.2. The van der Waals surface area contributed by atoms with E-state index in [0.717, 1.165) is 55.0 Å².